The van der Waals surface area contributed by atoms with Crippen LogP contribution in [0.3, 0.4) is 0 Å². The van der Waals surface area contributed by atoms with E-state index in [2.05, 4.69) is 31.7 Å². The predicted molar refractivity (Wildman–Crippen MR) is 140 cm³/mol. The molecule has 0 saturated heterocycles. The minimum atomic E-state index is -0.643. The molecule has 9 nitrogen and oxygen atoms in total. The lowest BCUT2D eigenvalue weighted by Crippen LogP contribution is -2.03. The molecule has 3 aromatic heterocycles. The number of nitrogens with one attached hydrogen (secondary N) is 1. The summed E-state index contributed by atoms with van der Waals surface area (Å²) in [7, 11) is 1.60. The fraction of sp³-hybridized carbons (Fsp3) is 0.241. The maximum Gasteiger partial charge on any atom is 0.439 e. The summed E-state index contributed by atoms with van der Waals surface area (Å²) in [5.41, 5.74) is 8.03. The lowest BCUT2D eigenvalue weighted by atomic mass is 9.89. The van der Waals surface area contributed by atoms with Crippen LogP contribution in [0.5, 0.6) is 11.6 Å². The smallest absolute Gasteiger partial charge is 0.439 e. The van der Waals surface area contributed by atoms with E-state index in [1.54, 1.807) is 19.4 Å². The van der Waals surface area contributed by atoms with Gasteiger partial charge in [-0.2, -0.15) is 0 Å². The molecule has 0 amide bonds. The number of aromatic nitrogens is 5. The van der Waals surface area contributed by atoms with Gasteiger partial charge in [0, 0.05) is 41.9 Å². The van der Waals surface area contributed by atoms with E-state index in [1.807, 2.05) is 19.2 Å². The van der Waals surface area contributed by atoms with Crippen LogP contribution in [0.25, 0.3) is 16.8 Å². The molecule has 10 heteroatoms. The van der Waals surface area contributed by atoms with Crippen LogP contribution in [0, 0.1) is 5.82 Å². The maximum absolute atomic E-state index is 14.2. The molecule has 0 atom stereocenters. The number of imidazole rings is 1. The quantitative estimate of drug-likeness (QED) is 0.348. The average molecular weight is 526 g/mol. The van der Waals surface area contributed by atoms with Crippen molar-refractivity contribution in [3.05, 3.63) is 105 Å². The van der Waals surface area contributed by atoms with E-state index in [9.17, 15) is 9.18 Å². The minimum absolute atomic E-state index is 0.256. The molecule has 1 aliphatic carbocycles. The summed E-state index contributed by atoms with van der Waals surface area (Å²) in [4.78, 5) is 23.6. The number of halogens is 1. The Kier molecular flexibility index (Phi) is 5.36. The summed E-state index contributed by atoms with van der Waals surface area (Å²) >= 11 is 0. The number of methoxy groups -OCH3 is 1. The van der Waals surface area contributed by atoms with Crippen LogP contribution < -0.4 is 15.2 Å². The SMILES string of the molecule is COc1nccn2c(Cc3ccc4c(c3)COc3cc(F)ccc3/C4=C(\C)c3noc(=O)[nH]3)c(C3CC3)nc12. The van der Waals surface area contributed by atoms with Gasteiger partial charge >= 0.3 is 5.76 Å². The van der Waals surface area contributed by atoms with Gasteiger partial charge in [0.2, 0.25) is 5.65 Å². The highest BCUT2D eigenvalue weighted by atomic mass is 19.1. The summed E-state index contributed by atoms with van der Waals surface area (Å²) in [6.07, 6.45) is 6.55. The number of fused-ring (bicyclic) bond motifs is 3. The van der Waals surface area contributed by atoms with Gasteiger partial charge in [-0.3, -0.25) is 13.9 Å². The van der Waals surface area contributed by atoms with Crippen LogP contribution >= 0.6 is 0 Å². The first-order chi connectivity index (χ1) is 19.0. The van der Waals surface area contributed by atoms with Crippen molar-refractivity contribution < 1.29 is 18.4 Å². The molecule has 4 heterocycles. The monoisotopic (exact) mass is 525 g/mol. The average Bonchev–Trinajstić information content (AvgIpc) is 3.63. The van der Waals surface area contributed by atoms with Crippen molar-refractivity contribution in [2.75, 3.05) is 7.11 Å². The van der Waals surface area contributed by atoms with Crippen molar-refractivity contribution >= 4 is 16.8 Å². The maximum atomic E-state index is 14.2. The molecule has 39 heavy (non-hydrogen) atoms. The molecule has 2 aromatic carbocycles. The number of hydrogen-bond acceptors (Lipinski definition) is 7. The summed E-state index contributed by atoms with van der Waals surface area (Å²) < 4.78 is 32.6. The van der Waals surface area contributed by atoms with E-state index < -0.39 is 11.6 Å². The van der Waals surface area contributed by atoms with E-state index in [-0.39, 0.29) is 6.61 Å². The fourth-order valence-corrected chi connectivity index (χ4v) is 5.37. The molecule has 7 rings (SSSR count). The fourth-order valence-electron chi connectivity index (χ4n) is 5.37. The number of hydrogen-bond donors (Lipinski definition) is 1. The number of H-pyrrole nitrogens is 1. The molecule has 0 radical (unpaired) electrons. The number of aromatic amines is 1. The van der Waals surface area contributed by atoms with E-state index in [0.717, 1.165) is 52.1 Å². The van der Waals surface area contributed by atoms with Crippen molar-refractivity contribution in [1.82, 2.24) is 24.5 Å². The molecule has 1 aliphatic heterocycles. The van der Waals surface area contributed by atoms with Crippen LogP contribution in [0.4, 0.5) is 4.39 Å². The first kappa shape index (κ1) is 23.4. The Morgan fingerprint density at radius 3 is 2.82 bits per heavy atom. The van der Waals surface area contributed by atoms with Crippen molar-refractivity contribution in [3.8, 4) is 11.6 Å². The van der Waals surface area contributed by atoms with Crippen LogP contribution in [-0.4, -0.2) is 31.6 Å². The molecule has 0 unspecified atom stereocenters. The van der Waals surface area contributed by atoms with Crippen LogP contribution in [0.15, 0.2) is 58.1 Å². The normalized spacial score (nSPS) is 15.9. The zero-order chi connectivity index (χ0) is 26.7. The number of rotatable bonds is 5. The van der Waals surface area contributed by atoms with Gasteiger partial charge in [-0.15, -0.1) is 0 Å². The molecule has 2 aliphatic rings. The third-order valence-corrected chi connectivity index (χ3v) is 7.37. The number of ether oxygens (including phenoxy) is 2. The third kappa shape index (κ3) is 3.99. The van der Waals surface area contributed by atoms with Crippen molar-refractivity contribution in [3.63, 3.8) is 0 Å². The molecular weight excluding hydrogens is 501 g/mol. The van der Waals surface area contributed by atoms with Crippen molar-refractivity contribution in [2.45, 2.75) is 38.7 Å². The zero-order valence-corrected chi connectivity index (χ0v) is 21.3. The van der Waals surface area contributed by atoms with E-state index in [0.29, 0.717) is 40.9 Å². The van der Waals surface area contributed by atoms with Gasteiger partial charge in [-0.05, 0) is 54.2 Å². The number of benzene rings is 2. The summed E-state index contributed by atoms with van der Waals surface area (Å²) in [6, 6.07) is 10.7. The van der Waals surface area contributed by atoms with Gasteiger partial charge in [0.1, 0.15) is 18.2 Å². The van der Waals surface area contributed by atoms with Crippen molar-refractivity contribution in [1.29, 1.82) is 0 Å². The van der Waals surface area contributed by atoms with E-state index >= 15 is 0 Å². The minimum Gasteiger partial charge on any atom is -0.488 e. The number of allylic oxidation sites excluding steroid dienone is 1. The highest BCUT2D eigenvalue weighted by Gasteiger charge is 2.31. The molecule has 196 valence electrons. The van der Waals surface area contributed by atoms with Gasteiger partial charge in [0.25, 0.3) is 5.88 Å². The molecule has 1 saturated carbocycles. The first-order valence-electron chi connectivity index (χ1n) is 12.7. The molecule has 1 N–H and O–H groups in total. The molecule has 1 fully saturated rings. The van der Waals surface area contributed by atoms with E-state index in [1.165, 1.54) is 12.1 Å². The predicted octanol–water partition coefficient (Wildman–Crippen LogP) is 4.89. The largest absolute Gasteiger partial charge is 0.488 e. The molecule has 0 bridgehead atoms. The lowest BCUT2D eigenvalue weighted by Gasteiger charge is -2.14. The lowest BCUT2D eigenvalue weighted by molar-refractivity contribution is 0.305. The highest BCUT2D eigenvalue weighted by Crippen LogP contribution is 2.44. The third-order valence-electron chi connectivity index (χ3n) is 7.37. The van der Waals surface area contributed by atoms with Crippen LogP contribution in [-0.2, 0) is 13.0 Å². The molecule has 5 aromatic rings. The van der Waals surface area contributed by atoms with Crippen LogP contribution in [0.2, 0.25) is 0 Å². The van der Waals surface area contributed by atoms with E-state index in [4.69, 9.17) is 19.0 Å². The van der Waals surface area contributed by atoms with Crippen LogP contribution in [0.1, 0.15) is 65.1 Å². The highest BCUT2D eigenvalue weighted by molar-refractivity contribution is 5.99. The Balaban J connectivity index is 1.36. The second kappa shape index (κ2) is 8.93. The second-order valence-corrected chi connectivity index (χ2v) is 9.89. The zero-order valence-electron chi connectivity index (χ0n) is 21.3. The Hall–Kier alpha value is -4.73. The molecule has 0 spiro atoms. The second-order valence-electron chi connectivity index (χ2n) is 9.89. The molecular formula is C29H24FN5O4. The Morgan fingerprint density at radius 2 is 2.05 bits per heavy atom. The summed E-state index contributed by atoms with van der Waals surface area (Å²) in [6.45, 7) is 2.10. The van der Waals surface area contributed by atoms with Gasteiger partial charge in [-0.1, -0.05) is 23.4 Å². The Morgan fingerprint density at radius 1 is 1.21 bits per heavy atom. The standard InChI is InChI=1S/C29H24FN5O4/c1-15(26-33-29(36)39-34-26)24-20-7-3-16(11-18(20)14-38-23-13-19(30)6-8-21(23)24)12-22-25(17-4-5-17)32-27-28(37-2)31-9-10-35(22)27/h3,6-11,13,17H,4-5,12,14H2,1-2H3,(H,33,34,36)/b24-15+. The van der Waals surface area contributed by atoms with Gasteiger partial charge in [0.05, 0.1) is 18.5 Å². The Bertz CT molecular complexity index is 1850. The van der Waals surface area contributed by atoms with Gasteiger partial charge in [0.15, 0.2) is 5.82 Å². The first-order valence-corrected chi connectivity index (χ1v) is 12.7. The number of nitrogens with zero attached hydrogens (tertiary/aromatic N) is 4. The summed E-state index contributed by atoms with van der Waals surface area (Å²) in [5, 5.41) is 3.89. The van der Waals surface area contributed by atoms with Gasteiger partial charge in [-0.25, -0.2) is 19.2 Å². The van der Waals surface area contributed by atoms with Gasteiger partial charge < -0.3 is 9.47 Å². The Labute approximate surface area is 221 Å². The van der Waals surface area contributed by atoms with Crippen molar-refractivity contribution in [2.24, 2.45) is 0 Å². The summed E-state index contributed by atoms with van der Waals surface area (Å²) in [5.74, 6) is 0.644. The topological polar surface area (TPSA) is 108 Å².